The zero-order valence-corrected chi connectivity index (χ0v) is 29.2. The van der Waals surface area contributed by atoms with Gasteiger partial charge in [-0.3, -0.25) is 0 Å². The predicted octanol–water partition coefficient (Wildman–Crippen LogP) is 12.3. The van der Waals surface area contributed by atoms with Gasteiger partial charge in [-0.2, -0.15) is 5.26 Å². The molecule has 9 aromatic rings. The van der Waals surface area contributed by atoms with Crippen LogP contribution in [-0.2, 0) is 0 Å². The van der Waals surface area contributed by atoms with Gasteiger partial charge < -0.3 is 4.57 Å². The minimum Gasteiger partial charge on any atom is -0.308 e. The molecule has 254 valence electrons. The van der Waals surface area contributed by atoms with E-state index in [1.807, 2.05) is 127 Å². The Kier molecular flexibility index (Phi) is 8.18. The molecular formula is C48H27N7. The van der Waals surface area contributed by atoms with Crippen molar-refractivity contribution in [2.45, 2.75) is 0 Å². The maximum absolute atomic E-state index is 10.1. The van der Waals surface area contributed by atoms with Gasteiger partial charge in [0.25, 0.3) is 0 Å². The molecule has 0 fully saturated rings. The van der Waals surface area contributed by atoms with Crippen molar-refractivity contribution in [2.24, 2.45) is 0 Å². The number of hydrogen-bond acceptors (Lipinski definition) is 4. The Morgan fingerprint density at radius 1 is 0.455 bits per heavy atom. The predicted molar refractivity (Wildman–Crippen MR) is 219 cm³/mol. The number of aromatic nitrogens is 4. The second kappa shape index (κ2) is 13.7. The Morgan fingerprint density at radius 2 is 0.909 bits per heavy atom. The van der Waals surface area contributed by atoms with Gasteiger partial charge >= 0.3 is 0 Å². The highest BCUT2D eigenvalue weighted by Gasteiger charge is 2.21. The van der Waals surface area contributed by atoms with Crippen LogP contribution in [0.15, 0.2) is 164 Å². The average molecular weight is 702 g/mol. The van der Waals surface area contributed by atoms with Crippen molar-refractivity contribution in [3.63, 3.8) is 0 Å². The lowest BCUT2D eigenvalue weighted by Crippen LogP contribution is -2.04. The molecular weight excluding hydrogens is 675 g/mol. The zero-order valence-electron chi connectivity index (χ0n) is 29.2. The lowest BCUT2D eigenvalue weighted by atomic mass is 10.00. The van der Waals surface area contributed by atoms with E-state index in [1.165, 1.54) is 0 Å². The second-order valence-electron chi connectivity index (χ2n) is 13.0. The first kappa shape index (κ1) is 32.7. The SMILES string of the molecule is [C-]#[N+]c1ccc(-c2ccc3c(c2)c2cc(-c4ccc([N+]#[C-])cc4)ccc2n3-c2ccc(C#N)cc2-c2nc(-c3ccccc3)nc(-c3ccccc3)n2)cc1. The molecule has 0 aliphatic heterocycles. The summed E-state index contributed by atoms with van der Waals surface area (Å²) in [5, 5.41) is 12.2. The van der Waals surface area contributed by atoms with E-state index in [1.54, 1.807) is 0 Å². The van der Waals surface area contributed by atoms with E-state index >= 15 is 0 Å². The Labute approximate surface area is 317 Å². The minimum absolute atomic E-state index is 0.447. The van der Waals surface area contributed by atoms with E-state index in [4.69, 9.17) is 28.1 Å². The normalized spacial score (nSPS) is 10.9. The van der Waals surface area contributed by atoms with Crippen LogP contribution in [0, 0.1) is 24.5 Å². The maximum Gasteiger partial charge on any atom is 0.187 e. The third-order valence-corrected chi connectivity index (χ3v) is 9.73. The van der Waals surface area contributed by atoms with Crippen LogP contribution in [0.1, 0.15) is 5.56 Å². The van der Waals surface area contributed by atoms with Gasteiger partial charge in [0.15, 0.2) is 28.8 Å². The molecule has 7 heteroatoms. The van der Waals surface area contributed by atoms with Crippen LogP contribution in [-0.4, -0.2) is 19.5 Å². The van der Waals surface area contributed by atoms with Crippen molar-refractivity contribution < 1.29 is 0 Å². The number of benzene rings is 7. The molecule has 7 aromatic carbocycles. The summed E-state index contributed by atoms with van der Waals surface area (Å²) in [6.45, 7) is 14.8. The van der Waals surface area contributed by atoms with Crippen LogP contribution < -0.4 is 0 Å². The molecule has 0 N–H and O–H groups in total. The van der Waals surface area contributed by atoms with E-state index in [2.05, 4.69) is 56.7 Å². The molecule has 0 aliphatic rings. The summed E-state index contributed by atoms with van der Waals surface area (Å²) in [6, 6.07) is 55.8. The Morgan fingerprint density at radius 3 is 1.36 bits per heavy atom. The molecule has 9 rings (SSSR count). The summed E-state index contributed by atoms with van der Waals surface area (Å²) in [6.07, 6.45) is 0. The highest BCUT2D eigenvalue weighted by Crippen LogP contribution is 2.40. The molecule has 2 heterocycles. The third kappa shape index (κ3) is 6.03. The van der Waals surface area contributed by atoms with Crippen molar-refractivity contribution in [1.82, 2.24) is 19.5 Å². The van der Waals surface area contributed by atoms with Gasteiger partial charge in [-0.15, -0.1) is 0 Å². The molecule has 0 atom stereocenters. The van der Waals surface area contributed by atoms with Gasteiger partial charge in [-0.1, -0.05) is 121 Å². The Hall–Kier alpha value is -8.18. The molecule has 0 unspecified atom stereocenters. The fourth-order valence-electron chi connectivity index (χ4n) is 7.01. The number of nitriles is 1. The molecule has 0 aliphatic carbocycles. The Balaban J connectivity index is 1.31. The van der Waals surface area contributed by atoms with Crippen LogP contribution in [0.5, 0.6) is 0 Å². The topological polar surface area (TPSA) is 76.1 Å². The molecule has 0 bridgehead atoms. The van der Waals surface area contributed by atoms with Crippen LogP contribution in [0.3, 0.4) is 0 Å². The molecule has 0 saturated carbocycles. The van der Waals surface area contributed by atoms with Gasteiger partial charge in [-0.25, -0.2) is 24.6 Å². The van der Waals surface area contributed by atoms with E-state index in [0.717, 1.165) is 60.9 Å². The van der Waals surface area contributed by atoms with E-state index in [0.29, 0.717) is 40.0 Å². The number of fused-ring (bicyclic) bond motifs is 3. The molecule has 0 spiro atoms. The maximum atomic E-state index is 10.1. The lowest BCUT2D eigenvalue weighted by molar-refractivity contribution is 1.06. The van der Waals surface area contributed by atoms with Crippen LogP contribution in [0.4, 0.5) is 11.4 Å². The Bertz CT molecular complexity index is 2860. The van der Waals surface area contributed by atoms with Crippen molar-refractivity contribution in [3.05, 3.63) is 192 Å². The molecule has 55 heavy (non-hydrogen) atoms. The van der Waals surface area contributed by atoms with Crippen molar-refractivity contribution in [3.8, 4) is 68.2 Å². The van der Waals surface area contributed by atoms with Gasteiger partial charge in [0.2, 0.25) is 0 Å². The van der Waals surface area contributed by atoms with Crippen molar-refractivity contribution in [2.75, 3.05) is 0 Å². The summed E-state index contributed by atoms with van der Waals surface area (Å²) >= 11 is 0. The molecule has 2 aromatic heterocycles. The smallest absolute Gasteiger partial charge is 0.187 e. The quantitative estimate of drug-likeness (QED) is 0.162. The van der Waals surface area contributed by atoms with E-state index < -0.39 is 0 Å². The summed E-state index contributed by atoms with van der Waals surface area (Å²) in [5.74, 6) is 1.51. The average Bonchev–Trinajstić information content (AvgIpc) is 3.59. The lowest BCUT2D eigenvalue weighted by Gasteiger charge is -2.15. The van der Waals surface area contributed by atoms with Crippen LogP contribution >= 0.6 is 0 Å². The van der Waals surface area contributed by atoms with E-state index in [9.17, 15) is 5.26 Å². The molecule has 0 radical (unpaired) electrons. The molecule has 7 nitrogen and oxygen atoms in total. The van der Waals surface area contributed by atoms with Gasteiger partial charge in [0, 0.05) is 27.5 Å². The minimum atomic E-state index is 0.447. The van der Waals surface area contributed by atoms with Gasteiger partial charge in [0.05, 0.1) is 41.5 Å². The number of hydrogen-bond donors (Lipinski definition) is 0. The van der Waals surface area contributed by atoms with Gasteiger partial charge in [0.1, 0.15) is 0 Å². The molecule has 0 amide bonds. The van der Waals surface area contributed by atoms with Crippen molar-refractivity contribution >= 4 is 33.2 Å². The van der Waals surface area contributed by atoms with Crippen LogP contribution in [0.25, 0.3) is 93.6 Å². The summed E-state index contributed by atoms with van der Waals surface area (Å²) in [7, 11) is 0. The summed E-state index contributed by atoms with van der Waals surface area (Å²) in [5.41, 5.74) is 10.8. The number of rotatable bonds is 6. The summed E-state index contributed by atoms with van der Waals surface area (Å²) < 4.78 is 2.22. The highest BCUT2D eigenvalue weighted by atomic mass is 15.1. The van der Waals surface area contributed by atoms with Gasteiger partial charge in [-0.05, 0) is 64.7 Å². The first-order chi connectivity index (χ1) is 27.1. The molecule has 0 saturated heterocycles. The highest BCUT2D eigenvalue weighted by molar-refractivity contribution is 6.12. The third-order valence-electron chi connectivity index (χ3n) is 9.73. The first-order valence-corrected chi connectivity index (χ1v) is 17.6. The monoisotopic (exact) mass is 701 g/mol. The first-order valence-electron chi connectivity index (χ1n) is 17.6. The second-order valence-corrected chi connectivity index (χ2v) is 13.0. The zero-order chi connectivity index (χ0) is 37.3. The largest absolute Gasteiger partial charge is 0.308 e. The van der Waals surface area contributed by atoms with Crippen molar-refractivity contribution in [1.29, 1.82) is 5.26 Å². The standard InChI is InChI=1S/C48H27N7/c1-50-38-20-14-32(15-21-38)36-18-25-43-40(28-36)41-29-37(33-16-22-39(51-2)23-17-33)19-26-44(41)55(43)45-24-13-31(30-49)27-42(45)48-53-46(34-9-5-3-6-10-34)52-47(54-48)35-11-7-4-8-12-35/h3-29H. The van der Waals surface area contributed by atoms with Crippen LogP contribution in [0.2, 0.25) is 0 Å². The fraction of sp³-hybridized carbons (Fsp3) is 0. The number of nitrogens with zero attached hydrogens (tertiary/aromatic N) is 7. The fourth-order valence-corrected chi connectivity index (χ4v) is 7.01. The summed E-state index contributed by atoms with van der Waals surface area (Å²) in [4.78, 5) is 22.2. The van der Waals surface area contributed by atoms with E-state index in [-0.39, 0.29) is 0 Å².